The largest absolute Gasteiger partial charge is 0.469 e. The Hall–Kier alpha value is -1.99. The molecule has 0 aromatic rings. The van der Waals surface area contributed by atoms with Gasteiger partial charge in [0.2, 0.25) is 0 Å². The van der Waals surface area contributed by atoms with E-state index in [-0.39, 0.29) is 19.4 Å². The van der Waals surface area contributed by atoms with Gasteiger partial charge < -0.3 is 19.3 Å². The molecule has 0 rings (SSSR count). The SMILES string of the molecule is CC/C=C\C/C=C\C/C=C\C/C=C\CCCCCCC(=O)OC(COC(=O)CCCCCCCC)COP(=O)(O)O. The lowest BCUT2D eigenvalue weighted by Gasteiger charge is -2.18. The molecule has 9 heteroatoms. The molecule has 0 aliphatic rings. The molecule has 0 spiro atoms. The summed E-state index contributed by atoms with van der Waals surface area (Å²) in [6.45, 7) is 3.43. The fourth-order valence-electron chi connectivity index (χ4n) is 3.83. The van der Waals surface area contributed by atoms with Crippen LogP contribution in [0.1, 0.15) is 123 Å². The minimum absolute atomic E-state index is 0.183. The first-order chi connectivity index (χ1) is 19.8. The molecule has 0 fully saturated rings. The van der Waals surface area contributed by atoms with E-state index in [0.717, 1.165) is 77.0 Å². The van der Waals surface area contributed by atoms with Gasteiger partial charge in [0, 0.05) is 12.8 Å². The van der Waals surface area contributed by atoms with Crippen molar-refractivity contribution >= 4 is 19.8 Å². The van der Waals surface area contributed by atoms with Gasteiger partial charge >= 0.3 is 19.8 Å². The summed E-state index contributed by atoms with van der Waals surface area (Å²) in [7, 11) is -4.74. The lowest BCUT2D eigenvalue weighted by molar-refractivity contribution is -0.161. The Labute approximate surface area is 248 Å². The summed E-state index contributed by atoms with van der Waals surface area (Å²) >= 11 is 0. The van der Waals surface area contributed by atoms with E-state index in [0.29, 0.717) is 12.8 Å². The van der Waals surface area contributed by atoms with Gasteiger partial charge in [-0.05, 0) is 51.4 Å². The molecule has 0 aromatic carbocycles. The zero-order valence-corrected chi connectivity index (χ0v) is 26.3. The van der Waals surface area contributed by atoms with Gasteiger partial charge in [0.05, 0.1) is 6.61 Å². The van der Waals surface area contributed by atoms with E-state index in [1.807, 2.05) is 0 Å². The number of carbonyl (C=O) groups excluding carboxylic acids is 2. The van der Waals surface area contributed by atoms with E-state index in [4.69, 9.17) is 19.3 Å². The zero-order chi connectivity index (χ0) is 30.4. The number of allylic oxidation sites excluding steroid dienone is 8. The zero-order valence-electron chi connectivity index (χ0n) is 25.4. The Kier molecular flexibility index (Phi) is 26.8. The van der Waals surface area contributed by atoms with Crippen LogP contribution >= 0.6 is 7.82 Å². The van der Waals surface area contributed by atoms with Crippen LogP contribution in [0.15, 0.2) is 48.6 Å². The fraction of sp³-hybridized carbons (Fsp3) is 0.688. The second-order valence-electron chi connectivity index (χ2n) is 10.1. The Balaban J connectivity index is 4.07. The lowest BCUT2D eigenvalue weighted by atomic mass is 10.1. The molecule has 236 valence electrons. The average molecular weight is 599 g/mol. The van der Waals surface area contributed by atoms with Gasteiger partial charge in [-0.2, -0.15) is 0 Å². The monoisotopic (exact) mass is 598 g/mol. The average Bonchev–Trinajstić information content (AvgIpc) is 2.93. The van der Waals surface area contributed by atoms with E-state index in [1.165, 1.54) is 6.42 Å². The third-order valence-electron chi connectivity index (χ3n) is 6.11. The van der Waals surface area contributed by atoms with Crippen molar-refractivity contribution in [3.05, 3.63) is 48.6 Å². The summed E-state index contributed by atoms with van der Waals surface area (Å²) in [5, 5.41) is 0. The Morgan fingerprint density at radius 3 is 1.76 bits per heavy atom. The topological polar surface area (TPSA) is 119 Å². The Morgan fingerprint density at radius 2 is 1.17 bits per heavy atom. The maximum absolute atomic E-state index is 12.2. The molecule has 0 aromatic heterocycles. The molecular formula is C32H55O8P. The van der Waals surface area contributed by atoms with Gasteiger partial charge in [-0.25, -0.2) is 4.57 Å². The number of hydrogen-bond acceptors (Lipinski definition) is 6. The minimum atomic E-state index is -4.74. The third kappa shape index (κ3) is 30.8. The number of carbonyl (C=O) groups is 2. The van der Waals surface area contributed by atoms with E-state index in [1.54, 1.807) is 0 Å². The molecule has 0 amide bonds. The second-order valence-corrected chi connectivity index (χ2v) is 11.3. The molecule has 8 nitrogen and oxygen atoms in total. The summed E-state index contributed by atoms with van der Waals surface area (Å²) < 4.78 is 26.0. The number of unbranched alkanes of at least 4 members (excludes halogenated alkanes) is 9. The fourth-order valence-corrected chi connectivity index (χ4v) is 4.19. The highest BCUT2D eigenvalue weighted by Gasteiger charge is 2.22. The Morgan fingerprint density at radius 1 is 0.659 bits per heavy atom. The van der Waals surface area contributed by atoms with Crippen LogP contribution in [-0.2, 0) is 28.2 Å². The Bertz CT molecular complexity index is 813. The van der Waals surface area contributed by atoms with E-state index in [9.17, 15) is 14.2 Å². The highest BCUT2D eigenvalue weighted by Crippen LogP contribution is 2.35. The summed E-state index contributed by atoms with van der Waals surface area (Å²) in [5.41, 5.74) is 0. The van der Waals surface area contributed by atoms with Gasteiger partial charge in [-0.15, -0.1) is 0 Å². The van der Waals surface area contributed by atoms with Crippen LogP contribution in [0.3, 0.4) is 0 Å². The predicted molar refractivity (Wildman–Crippen MR) is 165 cm³/mol. The van der Waals surface area contributed by atoms with Crippen molar-refractivity contribution < 1.29 is 37.9 Å². The molecule has 0 aliphatic carbocycles. The van der Waals surface area contributed by atoms with Crippen LogP contribution in [0.4, 0.5) is 0 Å². The number of phosphoric ester groups is 1. The van der Waals surface area contributed by atoms with Crippen LogP contribution in [0, 0.1) is 0 Å². The lowest BCUT2D eigenvalue weighted by Crippen LogP contribution is -2.29. The van der Waals surface area contributed by atoms with Crippen LogP contribution in [-0.4, -0.2) is 41.0 Å². The standard InChI is InChI=1S/C32H55O8P/c1-3-5-7-9-11-12-13-14-15-16-17-18-19-20-21-23-25-27-32(34)40-30(29-39-41(35,36)37)28-38-31(33)26-24-22-10-8-6-4-2/h5,7,11-12,14-15,17-18,30H,3-4,6,8-10,13,16,19-29H2,1-2H3,(H2,35,36,37)/b7-5-,12-11-,15-14-,18-17-. The number of rotatable bonds is 27. The van der Waals surface area contributed by atoms with Crippen molar-refractivity contribution in [1.82, 2.24) is 0 Å². The van der Waals surface area contributed by atoms with Crippen LogP contribution in [0.2, 0.25) is 0 Å². The van der Waals surface area contributed by atoms with Crippen LogP contribution in [0.5, 0.6) is 0 Å². The van der Waals surface area contributed by atoms with Gasteiger partial charge in [-0.3, -0.25) is 14.1 Å². The van der Waals surface area contributed by atoms with E-state index >= 15 is 0 Å². The molecule has 0 saturated heterocycles. The van der Waals surface area contributed by atoms with Gasteiger partial charge in [0.25, 0.3) is 0 Å². The minimum Gasteiger partial charge on any atom is -0.462 e. The molecule has 0 saturated carbocycles. The molecule has 1 atom stereocenters. The number of hydrogen-bond donors (Lipinski definition) is 2. The van der Waals surface area contributed by atoms with E-state index < -0.39 is 32.5 Å². The van der Waals surface area contributed by atoms with Crippen LogP contribution < -0.4 is 0 Å². The smallest absolute Gasteiger partial charge is 0.462 e. The van der Waals surface area contributed by atoms with Crippen molar-refractivity contribution in [2.45, 2.75) is 129 Å². The molecule has 0 bridgehead atoms. The number of phosphoric acid groups is 1. The molecule has 1 unspecified atom stereocenters. The van der Waals surface area contributed by atoms with Crippen molar-refractivity contribution in [2.75, 3.05) is 13.2 Å². The van der Waals surface area contributed by atoms with Crippen LogP contribution in [0.25, 0.3) is 0 Å². The highest BCUT2D eigenvalue weighted by atomic mass is 31.2. The normalized spacial score (nSPS) is 13.2. The molecule has 0 aliphatic heterocycles. The first kappa shape index (κ1) is 39.0. The molecular weight excluding hydrogens is 543 g/mol. The maximum atomic E-state index is 12.2. The van der Waals surface area contributed by atoms with Gasteiger partial charge in [-0.1, -0.05) is 107 Å². The molecule has 0 radical (unpaired) electrons. The van der Waals surface area contributed by atoms with Crippen molar-refractivity contribution in [3.8, 4) is 0 Å². The van der Waals surface area contributed by atoms with Gasteiger partial charge in [0.15, 0.2) is 6.10 Å². The third-order valence-corrected chi connectivity index (χ3v) is 6.60. The molecule has 0 heterocycles. The summed E-state index contributed by atoms with van der Waals surface area (Å²) in [5.74, 6) is -0.929. The first-order valence-electron chi connectivity index (χ1n) is 15.4. The number of ether oxygens (including phenoxy) is 2. The molecule has 41 heavy (non-hydrogen) atoms. The van der Waals surface area contributed by atoms with Crippen molar-refractivity contribution in [3.63, 3.8) is 0 Å². The van der Waals surface area contributed by atoms with Gasteiger partial charge in [0.1, 0.15) is 6.61 Å². The van der Waals surface area contributed by atoms with E-state index in [2.05, 4.69) is 67.0 Å². The maximum Gasteiger partial charge on any atom is 0.469 e. The highest BCUT2D eigenvalue weighted by molar-refractivity contribution is 7.46. The molecule has 2 N–H and O–H groups in total. The summed E-state index contributed by atoms with van der Waals surface area (Å²) in [6, 6.07) is 0. The number of esters is 2. The predicted octanol–water partition coefficient (Wildman–Crippen LogP) is 8.45. The summed E-state index contributed by atoms with van der Waals surface area (Å²) in [6.07, 6.45) is 31.5. The van der Waals surface area contributed by atoms with Crippen molar-refractivity contribution in [1.29, 1.82) is 0 Å². The summed E-state index contributed by atoms with van der Waals surface area (Å²) in [4.78, 5) is 42.2. The quantitative estimate of drug-likeness (QED) is 0.0418. The second kappa shape index (κ2) is 28.1. The first-order valence-corrected chi connectivity index (χ1v) is 17.0. The van der Waals surface area contributed by atoms with Crippen molar-refractivity contribution in [2.24, 2.45) is 0 Å².